The van der Waals surface area contributed by atoms with Gasteiger partial charge in [-0.15, -0.1) is 0 Å². The van der Waals surface area contributed by atoms with Gasteiger partial charge in [-0.2, -0.15) is 0 Å². The van der Waals surface area contributed by atoms with Gasteiger partial charge in [0.1, 0.15) is 0 Å². The summed E-state index contributed by atoms with van der Waals surface area (Å²) < 4.78 is 0. The van der Waals surface area contributed by atoms with Gasteiger partial charge in [0.2, 0.25) is 5.91 Å². The van der Waals surface area contributed by atoms with E-state index < -0.39 is 0 Å². The van der Waals surface area contributed by atoms with E-state index in [2.05, 4.69) is 5.32 Å². The molecule has 148 valence electrons. The Balaban J connectivity index is 1.71. The highest BCUT2D eigenvalue weighted by Gasteiger charge is 2.19. The van der Waals surface area contributed by atoms with Gasteiger partial charge in [-0.05, 0) is 55.3 Å². The van der Waals surface area contributed by atoms with E-state index in [1.54, 1.807) is 23.1 Å². The number of amides is 2. The summed E-state index contributed by atoms with van der Waals surface area (Å²) in [6, 6.07) is 24.1. The molecule has 0 radical (unpaired) electrons. The molecule has 0 heterocycles. The second kappa shape index (κ2) is 9.55. The molecule has 29 heavy (non-hydrogen) atoms. The molecule has 0 aliphatic carbocycles. The molecule has 0 saturated carbocycles. The van der Waals surface area contributed by atoms with Crippen molar-refractivity contribution in [2.45, 2.75) is 19.8 Å². The molecule has 0 spiro atoms. The molecule has 5 heteroatoms. The summed E-state index contributed by atoms with van der Waals surface area (Å²) in [6.45, 7) is 2.46. The molecule has 2 amide bonds. The van der Waals surface area contributed by atoms with Crippen LogP contribution in [-0.4, -0.2) is 18.4 Å². The van der Waals surface area contributed by atoms with Crippen LogP contribution in [0.5, 0.6) is 0 Å². The first-order valence-corrected chi connectivity index (χ1v) is 9.68. The smallest absolute Gasteiger partial charge is 0.260 e. The number of anilines is 3. The molecule has 3 N–H and O–H groups in total. The fraction of sp³-hybridized carbons (Fsp3) is 0.167. The lowest BCUT2D eigenvalue weighted by atomic mass is 10.1. The van der Waals surface area contributed by atoms with Gasteiger partial charge >= 0.3 is 0 Å². The zero-order valence-electron chi connectivity index (χ0n) is 16.5. The van der Waals surface area contributed by atoms with Crippen LogP contribution in [0.2, 0.25) is 0 Å². The van der Waals surface area contributed by atoms with E-state index in [0.29, 0.717) is 36.3 Å². The van der Waals surface area contributed by atoms with Gasteiger partial charge in [0, 0.05) is 24.3 Å². The Morgan fingerprint density at radius 1 is 0.897 bits per heavy atom. The van der Waals surface area contributed by atoms with Crippen LogP contribution in [0.4, 0.5) is 17.1 Å². The van der Waals surface area contributed by atoms with Crippen molar-refractivity contribution in [2.75, 3.05) is 22.5 Å². The monoisotopic (exact) mass is 387 g/mol. The highest BCUT2D eigenvalue weighted by atomic mass is 16.2. The predicted molar refractivity (Wildman–Crippen MR) is 118 cm³/mol. The Labute approximate surface area is 171 Å². The SMILES string of the molecule is CCN(C(=O)c1ccccc1NC(=O)CCc1ccc(N)cc1)c1ccccc1. The Hall–Kier alpha value is -3.60. The molecule has 0 saturated heterocycles. The average Bonchev–Trinajstić information content (AvgIpc) is 2.75. The van der Waals surface area contributed by atoms with E-state index in [1.807, 2.05) is 67.6 Å². The number of nitrogens with two attached hydrogens (primary N) is 1. The number of nitrogens with one attached hydrogen (secondary N) is 1. The Kier molecular flexibility index (Phi) is 6.63. The van der Waals surface area contributed by atoms with Gasteiger partial charge in [-0.1, -0.05) is 42.5 Å². The molecule has 3 rings (SSSR count). The molecule has 0 atom stereocenters. The number of para-hydroxylation sites is 2. The summed E-state index contributed by atoms with van der Waals surface area (Å²) in [5.41, 5.74) is 9.25. The van der Waals surface area contributed by atoms with Gasteiger partial charge < -0.3 is 16.0 Å². The molecule has 3 aromatic rings. The highest BCUT2D eigenvalue weighted by Crippen LogP contribution is 2.22. The number of carbonyl (C=O) groups excluding carboxylic acids is 2. The molecule has 3 aromatic carbocycles. The lowest BCUT2D eigenvalue weighted by molar-refractivity contribution is -0.116. The minimum absolute atomic E-state index is 0.134. The second-order valence-corrected chi connectivity index (χ2v) is 6.72. The lowest BCUT2D eigenvalue weighted by Crippen LogP contribution is -2.31. The van der Waals surface area contributed by atoms with Crippen LogP contribution in [0.15, 0.2) is 78.9 Å². The quantitative estimate of drug-likeness (QED) is 0.586. The highest BCUT2D eigenvalue weighted by molar-refractivity contribution is 6.11. The Morgan fingerprint density at radius 3 is 2.24 bits per heavy atom. The van der Waals surface area contributed by atoms with Crippen molar-refractivity contribution in [3.05, 3.63) is 90.0 Å². The van der Waals surface area contributed by atoms with Crippen molar-refractivity contribution in [3.63, 3.8) is 0 Å². The van der Waals surface area contributed by atoms with Gasteiger partial charge in [-0.3, -0.25) is 9.59 Å². The van der Waals surface area contributed by atoms with E-state index in [1.165, 1.54) is 0 Å². The van der Waals surface area contributed by atoms with Gasteiger partial charge in [0.05, 0.1) is 11.3 Å². The molecule has 0 aliphatic rings. The van der Waals surface area contributed by atoms with Gasteiger partial charge in [0.15, 0.2) is 0 Å². The first-order chi connectivity index (χ1) is 14.1. The summed E-state index contributed by atoms with van der Waals surface area (Å²) in [5.74, 6) is -0.280. The maximum absolute atomic E-state index is 13.2. The van der Waals surface area contributed by atoms with Crippen LogP contribution in [0.1, 0.15) is 29.3 Å². The lowest BCUT2D eigenvalue weighted by Gasteiger charge is -2.22. The third-order valence-electron chi connectivity index (χ3n) is 4.68. The fourth-order valence-electron chi connectivity index (χ4n) is 3.13. The second-order valence-electron chi connectivity index (χ2n) is 6.72. The minimum atomic E-state index is -0.145. The number of aryl methyl sites for hydroxylation is 1. The minimum Gasteiger partial charge on any atom is -0.399 e. The van der Waals surface area contributed by atoms with Crippen LogP contribution in [-0.2, 0) is 11.2 Å². The summed E-state index contributed by atoms with van der Waals surface area (Å²) in [7, 11) is 0. The maximum Gasteiger partial charge on any atom is 0.260 e. The van der Waals surface area contributed by atoms with Crippen molar-refractivity contribution in [3.8, 4) is 0 Å². The van der Waals surface area contributed by atoms with Crippen molar-refractivity contribution in [1.29, 1.82) is 0 Å². The number of nitrogens with zero attached hydrogens (tertiary/aromatic N) is 1. The first-order valence-electron chi connectivity index (χ1n) is 9.68. The molecule has 0 aromatic heterocycles. The fourth-order valence-corrected chi connectivity index (χ4v) is 3.13. The number of hydrogen-bond donors (Lipinski definition) is 2. The molecule has 0 aliphatic heterocycles. The molecule has 0 unspecified atom stereocenters. The summed E-state index contributed by atoms with van der Waals surface area (Å²) in [5, 5.41) is 2.89. The van der Waals surface area contributed by atoms with Gasteiger partial charge in [0.25, 0.3) is 5.91 Å². The predicted octanol–water partition coefficient (Wildman–Crippen LogP) is 4.51. The topological polar surface area (TPSA) is 75.4 Å². The first kappa shape index (κ1) is 20.1. The summed E-state index contributed by atoms with van der Waals surface area (Å²) in [6.07, 6.45) is 0.927. The molecular weight excluding hydrogens is 362 g/mol. The molecule has 0 fully saturated rings. The number of benzene rings is 3. The largest absolute Gasteiger partial charge is 0.399 e. The summed E-state index contributed by atoms with van der Waals surface area (Å²) >= 11 is 0. The molecular formula is C24H25N3O2. The van der Waals surface area contributed by atoms with Crippen LogP contribution in [0, 0.1) is 0 Å². The van der Waals surface area contributed by atoms with Crippen LogP contribution >= 0.6 is 0 Å². The van der Waals surface area contributed by atoms with Crippen molar-refractivity contribution in [2.24, 2.45) is 0 Å². The van der Waals surface area contributed by atoms with Crippen molar-refractivity contribution in [1.82, 2.24) is 0 Å². The Morgan fingerprint density at radius 2 is 1.55 bits per heavy atom. The van der Waals surface area contributed by atoms with Gasteiger partial charge in [-0.25, -0.2) is 0 Å². The van der Waals surface area contributed by atoms with E-state index in [0.717, 1.165) is 11.3 Å². The van der Waals surface area contributed by atoms with Crippen molar-refractivity contribution >= 4 is 28.9 Å². The average molecular weight is 387 g/mol. The van der Waals surface area contributed by atoms with E-state index in [9.17, 15) is 9.59 Å². The standard InChI is InChI=1S/C24H25N3O2/c1-2-27(20-8-4-3-5-9-20)24(29)21-10-6-7-11-22(21)26-23(28)17-14-18-12-15-19(25)16-13-18/h3-13,15-16H,2,14,17,25H2,1H3,(H,26,28). The van der Waals surface area contributed by atoms with E-state index in [4.69, 9.17) is 5.73 Å². The zero-order valence-corrected chi connectivity index (χ0v) is 16.5. The molecule has 0 bridgehead atoms. The van der Waals surface area contributed by atoms with E-state index in [-0.39, 0.29) is 11.8 Å². The Bertz CT molecular complexity index is 969. The zero-order chi connectivity index (χ0) is 20.6. The number of carbonyl (C=O) groups is 2. The third kappa shape index (κ3) is 5.23. The number of hydrogen-bond acceptors (Lipinski definition) is 3. The number of nitrogen functional groups attached to an aromatic ring is 1. The van der Waals surface area contributed by atoms with Crippen LogP contribution < -0.4 is 16.0 Å². The van der Waals surface area contributed by atoms with Crippen LogP contribution in [0.25, 0.3) is 0 Å². The van der Waals surface area contributed by atoms with Crippen LogP contribution in [0.3, 0.4) is 0 Å². The number of rotatable bonds is 7. The summed E-state index contributed by atoms with van der Waals surface area (Å²) in [4.78, 5) is 27.3. The third-order valence-corrected chi connectivity index (χ3v) is 4.68. The maximum atomic E-state index is 13.2. The van der Waals surface area contributed by atoms with Crippen molar-refractivity contribution < 1.29 is 9.59 Å². The molecule has 5 nitrogen and oxygen atoms in total. The normalized spacial score (nSPS) is 10.4. The van der Waals surface area contributed by atoms with E-state index >= 15 is 0 Å².